The number of likely N-dealkylation sites (tertiary alicyclic amines) is 1. The minimum Gasteiger partial charge on any atom is -0.324 e. The summed E-state index contributed by atoms with van der Waals surface area (Å²) in [7, 11) is 0. The maximum absolute atomic E-state index is 12.7. The number of amides is 2. The number of halogens is 3. The maximum atomic E-state index is 12.7. The van der Waals surface area contributed by atoms with Gasteiger partial charge in [0.2, 0.25) is 0 Å². The highest BCUT2D eigenvalue weighted by molar-refractivity contribution is 5.89. The van der Waals surface area contributed by atoms with E-state index < -0.39 is 11.7 Å². The molecule has 2 aliphatic rings. The molecule has 2 aliphatic heterocycles. The van der Waals surface area contributed by atoms with Gasteiger partial charge in [-0.1, -0.05) is 6.07 Å². The van der Waals surface area contributed by atoms with E-state index in [2.05, 4.69) is 10.6 Å². The smallest absolute Gasteiger partial charge is 0.324 e. The Morgan fingerprint density at radius 2 is 2.14 bits per heavy atom. The van der Waals surface area contributed by atoms with Gasteiger partial charge in [-0.05, 0) is 37.6 Å². The first-order valence-electron chi connectivity index (χ1n) is 7.32. The number of carbonyl (C=O) groups excluding carboxylic acids is 1. The first-order valence-corrected chi connectivity index (χ1v) is 7.32. The summed E-state index contributed by atoms with van der Waals surface area (Å²) in [6.45, 7) is 3.17. The highest BCUT2D eigenvalue weighted by atomic mass is 19.4. The zero-order chi connectivity index (χ0) is 15.8. The summed E-state index contributed by atoms with van der Waals surface area (Å²) in [5.41, 5.74) is -0.445. The standard InChI is InChI=1S/C15H18F3N3O/c16-15(17,18)11-2-1-3-12(8-11)20-13(22)21-7-5-14(10-21)4-6-19-9-14/h1-3,8,19H,4-7,9-10H2,(H,20,22). The molecule has 4 nitrogen and oxygen atoms in total. The number of urea groups is 1. The van der Waals surface area contributed by atoms with Crippen molar-refractivity contribution in [3.05, 3.63) is 29.8 Å². The fourth-order valence-electron chi connectivity index (χ4n) is 3.23. The number of hydrogen-bond donors (Lipinski definition) is 2. The molecule has 7 heteroatoms. The largest absolute Gasteiger partial charge is 0.416 e. The Hall–Kier alpha value is -1.76. The second-order valence-corrected chi connectivity index (χ2v) is 6.11. The third-order valence-corrected chi connectivity index (χ3v) is 4.50. The van der Waals surface area contributed by atoms with Crippen molar-refractivity contribution in [1.29, 1.82) is 0 Å². The van der Waals surface area contributed by atoms with Crippen molar-refractivity contribution < 1.29 is 18.0 Å². The lowest BCUT2D eigenvalue weighted by Crippen LogP contribution is -2.36. The molecular formula is C15H18F3N3O. The van der Waals surface area contributed by atoms with Crippen LogP contribution >= 0.6 is 0 Å². The molecule has 0 bridgehead atoms. The van der Waals surface area contributed by atoms with Gasteiger partial charge in [0.25, 0.3) is 0 Å². The second kappa shape index (κ2) is 5.46. The molecule has 3 rings (SSSR count). The molecule has 1 unspecified atom stereocenters. The van der Waals surface area contributed by atoms with Crippen LogP contribution in [0.1, 0.15) is 18.4 Å². The highest BCUT2D eigenvalue weighted by Crippen LogP contribution is 2.36. The average molecular weight is 313 g/mol. The van der Waals surface area contributed by atoms with Gasteiger partial charge in [0, 0.05) is 30.7 Å². The number of hydrogen-bond acceptors (Lipinski definition) is 2. The number of carbonyl (C=O) groups is 1. The monoisotopic (exact) mass is 313 g/mol. The lowest BCUT2D eigenvalue weighted by molar-refractivity contribution is -0.137. The molecule has 2 N–H and O–H groups in total. The molecule has 120 valence electrons. The van der Waals surface area contributed by atoms with Crippen molar-refractivity contribution in [2.45, 2.75) is 19.0 Å². The van der Waals surface area contributed by atoms with Gasteiger partial charge in [0.1, 0.15) is 0 Å². The molecule has 0 saturated carbocycles. The van der Waals surface area contributed by atoms with Gasteiger partial charge < -0.3 is 15.5 Å². The van der Waals surface area contributed by atoms with Crippen LogP contribution in [0.5, 0.6) is 0 Å². The maximum Gasteiger partial charge on any atom is 0.416 e. The van der Waals surface area contributed by atoms with E-state index >= 15 is 0 Å². The molecular weight excluding hydrogens is 295 g/mol. The third-order valence-electron chi connectivity index (χ3n) is 4.50. The van der Waals surface area contributed by atoms with E-state index in [0.717, 1.165) is 38.1 Å². The Balaban J connectivity index is 1.65. The molecule has 1 aromatic carbocycles. The van der Waals surface area contributed by atoms with Crippen molar-refractivity contribution in [3.8, 4) is 0 Å². The Morgan fingerprint density at radius 1 is 1.32 bits per heavy atom. The molecule has 1 spiro atoms. The van der Waals surface area contributed by atoms with E-state index in [4.69, 9.17) is 0 Å². The molecule has 1 atom stereocenters. The first-order chi connectivity index (χ1) is 10.4. The number of nitrogens with zero attached hydrogens (tertiary/aromatic N) is 1. The lowest BCUT2D eigenvalue weighted by Gasteiger charge is -2.23. The van der Waals surface area contributed by atoms with Crippen molar-refractivity contribution in [2.75, 3.05) is 31.5 Å². The summed E-state index contributed by atoms with van der Waals surface area (Å²) in [4.78, 5) is 13.9. The van der Waals surface area contributed by atoms with E-state index in [1.165, 1.54) is 12.1 Å². The zero-order valence-electron chi connectivity index (χ0n) is 12.0. The number of rotatable bonds is 1. The van der Waals surface area contributed by atoms with Crippen LogP contribution in [0.2, 0.25) is 0 Å². The molecule has 2 amide bonds. The van der Waals surface area contributed by atoms with E-state index in [-0.39, 0.29) is 17.1 Å². The first kappa shape index (κ1) is 15.1. The topological polar surface area (TPSA) is 44.4 Å². The zero-order valence-corrected chi connectivity index (χ0v) is 12.0. The minimum atomic E-state index is -4.41. The molecule has 22 heavy (non-hydrogen) atoms. The van der Waals surface area contributed by atoms with Gasteiger partial charge in [0.15, 0.2) is 0 Å². The van der Waals surface area contributed by atoms with Crippen molar-refractivity contribution in [1.82, 2.24) is 10.2 Å². The van der Waals surface area contributed by atoms with Crippen molar-refractivity contribution in [3.63, 3.8) is 0 Å². The van der Waals surface area contributed by atoms with Gasteiger partial charge >= 0.3 is 12.2 Å². The second-order valence-electron chi connectivity index (χ2n) is 6.11. The van der Waals surface area contributed by atoms with Gasteiger partial charge in [-0.3, -0.25) is 0 Å². The Labute approximate surface area is 126 Å². The number of benzene rings is 1. The quantitative estimate of drug-likeness (QED) is 0.837. The van der Waals surface area contributed by atoms with Gasteiger partial charge in [0.05, 0.1) is 5.56 Å². The fourth-order valence-corrected chi connectivity index (χ4v) is 3.23. The van der Waals surface area contributed by atoms with Crippen LogP contribution in [-0.4, -0.2) is 37.1 Å². The predicted octanol–water partition coefficient (Wildman–Crippen LogP) is 2.92. The Bertz CT molecular complexity index is 567. The highest BCUT2D eigenvalue weighted by Gasteiger charge is 2.41. The molecule has 0 aliphatic carbocycles. The summed E-state index contributed by atoms with van der Waals surface area (Å²) in [6, 6.07) is 4.38. The number of nitrogens with one attached hydrogen (secondary N) is 2. The molecule has 0 aromatic heterocycles. The van der Waals surface area contributed by atoms with Crippen LogP contribution < -0.4 is 10.6 Å². The number of alkyl halides is 3. The van der Waals surface area contributed by atoms with Crippen LogP contribution in [0, 0.1) is 5.41 Å². The van der Waals surface area contributed by atoms with Crippen molar-refractivity contribution in [2.24, 2.45) is 5.41 Å². The van der Waals surface area contributed by atoms with Gasteiger partial charge in [-0.25, -0.2) is 4.79 Å². The lowest BCUT2D eigenvalue weighted by atomic mass is 9.87. The van der Waals surface area contributed by atoms with Crippen LogP contribution in [-0.2, 0) is 6.18 Å². The van der Waals surface area contributed by atoms with E-state index in [1.807, 2.05) is 0 Å². The molecule has 0 radical (unpaired) electrons. The van der Waals surface area contributed by atoms with Crippen LogP contribution in [0.25, 0.3) is 0 Å². The molecule has 2 heterocycles. The average Bonchev–Trinajstić information content (AvgIpc) is 3.09. The van der Waals surface area contributed by atoms with E-state index in [9.17, 15) is 18.0 Å². The van der Waals surface area contributed by atoms with Crippen LogP contribution in [0.15, 0.2) is 24.3 Å². The normalized spacial score (nSPS) is 25.0. The Kier molecular flexibility index (Phi) is 3.76. The number of anilines is 1. The summed E-state index contributed by atoms with van der Waals surface area (Å²) < 4.78 is 38.0. The predicted molar refractivity (Wildman–Crippen MR) is 76.6 cm³/mol. The Morgan fingerprint density at radius 3 is 2.82 bits per heavy atom. The minimum absolute atomic E-state index is 0.144. The third kappa shape index (κ3) is 3.04. The molecule has 2 saturated heterocycles. The fraction of sp³-hybridized carbons (Fsp3) is 0.533. The molecule has 2 fully saturated rings. The summed E-state index contributed by atoms with van der Waals surface area (Å²) in [6.07, 6.45) is -2.43. The van der Waals surface area contributed by atoms with Gasteiger partial charge in [-0.2, -0.15) is 13.2 Å². The summed E-state index contributed by atoms with van der Waals surface area (Å²) >= 11 is 0. The van der Waals surface area contributed by atoms with Gasteiger partial charge in [-0.15, -0.1) is 0 Å². The van der Waals surface area contributed by atoms with Crippen LogP contribution in [0.3, 0.4) is 0 Å². The summed E-state index contributed by atoms with van der Waals surface area (Å²) in [5.74, 6) is 0. The van der Waals surface area contributed by atoms with Crippen LogP contribution in [0.4, 0.5) is 23.7 Å². The SMILES string of the molecule is O=C(Nc1cccc(C(F)(F)F)c1)N1CCC2(CCNC2)C1. The van der Waals surface area contributed by atoms with E-state index in [0.29, 0.717) is 13.1 Å². The van der Waals surface area contributed by atoms with E-state index in [1.54, 1.807) is 4.90 Å². The molecule has 1 aromatic rings. The van der Waals surface area contributed by atoms with Crippen molar-refractivity contribution >= 4 is 11.7 Å². The summed E-state index contributed by atoms with van der Waals surface area (Å²) in [5, 5.41) is 5.87.